The minimum Gasteiger partial charge on any atom is -0.341 e. The van der Waals surface area contributed by atoms with E-state index in [2.05, 4.69) is 13.8 Å². The van der Waals surface area contributed by atoms with E-state index in [-0.39, 0.29) is 12.0 Å². The van der Waals surface area contributed by atoms with Crippen molar-refractivity contribution in [2.24, 2.45) is 23.5 Å². The number of amides is 1. The molecule has 2 aliphatic rings. The third kappa shape index (κ3) is 2.82. The topological polar surface area (TPSA) is 46.3 Å². The molecule has 1 aliphatic carbocycles. The van der Waals surface area contributed by atoms with Gasteiger partial charge < -0.3 is 10.6 Å². The van der Waals surface area contributed by atoms with E-state index < -0.39 is 0 Å². The Balaban J connectivity index is 1.85. The third-order valence-corrected chi connectivity index (χ3v) is 4.76. The number of carbonyl (C=O) groups excluding carboxylic acids is 1. The van der Waals surface area contributed by atoms with Gasteiger partial charge in [-0.25, -0.2) is 0 Å². The Labute approximate surface area is 105 Å². The Kier molecular flexibility index (Phi) is 4.08. The van der Waals surface area contributed by atoms with Crippen molar-refractivity contribution in [3.63, 3.8) is 0 Å². The third-order valence-electron chi connectivity index (χ3n) is 4.76. The fourth-order valence-electron chi connectivity index (χ4n) is 3.25. The quantitative estimate of drug-likeness (QED) is 0.800. The van der Waals surface area contributed by atoms with E-state index in [1.807, 2.05) is 4.90 Å². The van der Waals surface area contributed by atoms with Gasteiger partial charge in [0.15, 0.2) is 0 Å². The smallest absolute Gasteiger partial charge is 0.225 e. The number of nitrogens with zero attached hydrogens (tertiary/aromatic N) is 1. The minimum absolute atomic E-state index is 0.186. The molecule has 2 fully saturated rings. The summed E-state index contributed by atoms with van der Waals surface area (Å²) >= 11 is 0. The molecule has 2 atom stereocenters. The molecule has 0 bridgehead atoms. The van der Waals surface area contributed by atoms with Gasteiger partial charge in [-0.1, -0.05) is 20.3 Å². The first-order valence-electron chi connectivity index (χ1n) is 7.16. The van der Waals surface area contributed by atoms with Crippen LogP contribution >= 0.6 is 0 Å². The molecular weight excluding hydrogens is 212 g/mol. The van der Waals surface area contributed by atoms with Crippen molar-refractivity contribution in [2.45, 2.75) is 52.0 Å². The van der Waals surface area contributed by atoms with Crippen LogP contribution in [0, 0.1) is 17.8 Å². The molecule has 3 heteroatoms. The first-order chi connectivity index (χ1) is 8.11. The summed E-state index contributed by atoms with van der Waals surface area (Å²) in [7, 11) is 0. The second-order valence-corrected chi connectivity index (χ2v) is 6.01. The molecule has 0 spiro atoms. The molecule has 1 saturated carbocycles. The predicted octanol–water partition coefficient (Wildman–Crippen LogP) is 2.01. The summed E-state index contributed by atoms with van der Waals surface area (Å²) in [6.45, 7) is 6.04. The lowest BCUT2D eigenvalue weighted by molar-refractivity contribution is -0.135. The average Bonchev–Trinajstić information content (AvgIpc) is 2.69. The number of hydrogen-bond donors (Lipinski definition) is 1. The van der Waals surface area contributed by atoms with Gasteiger partial charge >= 0.3 is 0 Å². The molecule has 2 rings (SSSR count). The molecule has 2 N–H and O–H groups in total. The normalized spacial score (nSPS) is 38.4. The Hall–Kier alpha value is -0.570. The van der Waals surface area contributed by atoms with Crippen molar-refractivity contribution < 1.29 is 4.79 Å². The molecule has 1 amide bonds. The molecule has 2 unspecified atom stereocenters. The van der Waals surface area contributed by atoms with E-state index in [0.717, 1.165) is 31.8 Å². The second kappa shape index (κ2) is 5.38. The van der Waals surface area contributed by atoms with Crippen LogP contribution in [-0.4, -0.2) is 29.9 Å². The first-order valence-corrected chi connectivity index (χ1v) is 7.16. The highest BCUT2D eigenvalue weighted by atomic mass is 16.2. The maximum atomic E-state index is 12.4. The van der Waals surface area contributed by atoms with Gasteiger partial charge in [0, 0.05) is 25.0 Å². The fraction of sp³-hybridized carbons (Fsp3) is 0.929. The van der Waals surface area contributed by atoms with Crippen molar-refractivity contribution in [2.75, 3.05) is 13.1 Å². The summed E-state index contributed by atoms with van der Waals surface area (Å²) in [5, 5.41) is 0. The Bertz CT molecular complexity index is 261. The summed E-state index contributed by atoms with van der Waals surface area (Å²) in [5.41, 5.74) is 5.99. The van der Waals surface area contributed by atoms with E-state index in [1.54, 1.807) is 0 Å². The van der Waals surface area contributed by atoms with Crippen LogP contribution in [0.25, 0.3) is 0 Å². The first kappa shape index (κ1) is 12.9. The highest BCUT2D eigenvalue weighted by Gasteiger charge is 2.34. The van der Waals surface area contributed by atoms with Crippen LogP contribution < -0.4 is 5.73 Å². The molecule has 0 aromatic heterocycles. The maximum Gasteiger partial charge on any atom is 0.225 e. The number of hydrogen-bond acceptors (Lipinski definition) is 2. The van der Waals surface area contributed by atoms with Gasteiger partial charge in [0.1, 0.15) is 0 Å². The van der Waals surface area contributed by atoms with Crippen molar-refractivity contribution in [1.82, 2.24) is 4.90 Å². The summed E-state index contributed by atoms with van der Waals surface area (Å²) in [4.78, 5) is 14.4. The highest BCUT2D eigenvalue weighted by molar-refractivity contribution is 5.79. The standard InChI is InChI=1S/C14H26N2O/c1-3-11-4-6-12(7-5-11)14(17)16-8-10(2)13(15)9-16/h10-13H,3-9,15H2,1-2H3. The Morgan fingerprint density at radius 2 is 1.88 bits per heavy atom. The molecule has 1 heterocycles. The van der Waals surface area contributed by atoms with Gasteiger partial charge in [-0.3, -0.25) is 4.79 Å². The number of carbonyl (C=O) groups is 1. The molecule has 1 aliphatic heterocycles. The van der Waals surface area contributed by atoms with E-state index in [4.69, 9.17) is 5.73 Å². The van der Waals surface area contributed by atoms with E-state index >= 15 is 0 Å². The number of rotatable bonds is 2. The van der Waals surface area contributed by atoms with Crippen LogP contribution in [0.3, 0.4) is 0 Å². The molecule has 17 heavy (non-hydrogen) atoms. The molecule has 0 radical (unpaired) electrons. The zero-order chi connectivity index (χ0) is 12.4. The number of likely N-dealkylation sites (tertiary alicyclic amines) is 1. The lowest BCUT2D eigenvalue weighted by Crippen LogP contribution is -2.37. The van der Waals surface area contributed by atoms with Gasteiger partial charge in [0.25, 0.3) is 0 Å². The van der Waals surface area contributed by atoms with Crippen LogP contribution in [0.1, 0.15) is 46.0 Å². The monoisotopic (exact) mass is 238 g/mol. The maximum absolute atomic E-state index is 12.4. The van der Waals surface area contributed by atoms with Crippen LogP contribution in [-0.2, 0) is 4.79 Å². The van der Waals surface area contributed by atoms with Crippen LogP contribution in [0.4, 0.5) is 0 Å². The molecular formula is C14H26N2O. The van der Waals surface area contributed by atoms with Gasteiger partial charge in [0.05, 0.1) is 0 Å². The molecule has 0 aromatic rings. The van der Waals surface area contributed by atoms with E-state index in [1.165, 1.54) is 19.3 Å². The van der Waals surface area contributed by atoms with Crippen molar-refractivity contribution in [1.29, 1.82) is 0 Å². The van der Waals surface area contributed by atoms with Gasteiger partial charge in [-0.2, -0.15) is 0 Å². The van der Waals surface area contributed by atoms with Crippen LogP contribution in [0.15, 0.2) is 0 Å². The second-order valence-electron chi connectivity index (χ2n) is 6.01. The summed E-state index contributed by atoms with van der Waals surface area (Å²) in [6.07, 6.45) is 5.94. The SMILES string of the molecule is CCC1CCC(C(=O)N2CC(C)C(N)C2)CC1. The lowest BCUT2D eigenvalue weighted by atomic mass is 9.80. The van der Waals surface area contributed by atoms with Crippen LogP contribution in [0.5, 0.6) is 0 Å². The molecule has 3 nitrogen and oxygen atoms in total. The van der Waals surface area contributed by atoms with Crippen LogP contribution in [0.2, 0.25) is 0 Å². The highest BCUT2D eigenvalue weighted by Crippen LogP contribution is 2.32. The van der Waals surface area contributed by atoms with E-state index in [0.29, 0.717) is 11.8 Å². The van der Waals surface area contributed by atoms with Crippen molar-refractivity contribution >= 4 is 5.91 Å². The Morgan fingerprint density at radius 1 is 1.24 bits per heavy atom. The molecule has 0 aromatic carbocycles. The largest absolute Gasteiger partial charge is 0.341 e. The minimum atomic E-state index is 0.186. The fourth-order valence-corrected chi connectivity index (χ4v) is 3.25. The van der Waals surface area contributed by atoms with Gasteiger partial charge in [-0.15, -0.1) is 0 Å². The molecule has 1 saturated heterocycles. The van der Waals surface area contributed by atoms with Crippen molar-refractivity contribution in [3.8, 4) is 0 Å². The van der Waals surface area contributed by atoms with Gasteiger partial charge in [-0.05, 0) is 37.5 Å². The zero-order valence-corrected chi connectivity index (χ0v) is 11.2. The predicted molar refractivity (Wildman–Crippen MR) is 69.5 cm³/mol. The lowest BCUT2D eigenvalue weighted by Gasteiger charge is -2.30. The van der Waals surface area contributed by atoms with E-state index in [9.17, 15) is 4.79 Å². The Morgan fingerprint density at radius 3 is 2.35 bits per heavy atom. The number of nitrogens with two attached hydrogens (primary N) is 1. The summed E-state index contributed by atoms with van der Waals surface area (Å²) in [6, 6.07) is 0.186. The summed E-state index contributed by atoms with van der Waals surface area (Å²) < 4.78 is 0. The van der Waals surface area contributed by atoms with Gasteiger partial charge in [0.2, 0.25) is 5.91 Å². The average molecular weight is 238 g/mol. The summed E-state index contributed by atoms with van der Waals surface area (Å²) in [5.74, 6) is 1.99. The van der Waals surface area contributed by atoms with Crippen molar-refractivity contribution in [3.05, 3.63) is 0 Å². The molecule has 98 valence electrons. The zero-order valence-electron chi connectivity index (χ0n) is 11.2.